The molecule has 0 amide bonds. The van der Waals surface area contributed by atoms with E-state index in [1.165, 1.54) is 19.3 Å². The number of rotatable bonds is 7. The highest BCUT2D eigenvalue weighted by atomic mass is 16.5. The molecule has 0 radical (unpaired) electrons. The lowest BCUT2D eigenvalue weighted by molar-refractivity contribution is -0.0543. The molecule has 3 nitrogen and oxygen atoms in total. The number of hydrogen-bond donors (Lipinski definition) is 2. The zero-order chi connectivity index (χ0) is 15.9. The molecule has 2 rings (SSSR count). The Hall–Kier alpha value is -0.120. The summed E-state index contributed by atoms with van der Waals surface area (Å²) in [7, 11) is 0. The third kappa shape index (κ3) is 3.02. The van der Waals surface area contributed by atoms with Crippen molar-refractivity contribution >= 4 is 0 Å². The molecule has 0 saturated heterocycles. The van der Waals surface area contributed by atoms with Crippen LogP contribution in [0.2, 0.25) is 0 Å². The number of ether oxygens (including phenoxy) is 1. The van der Waals surface area contributed by atoms with Gasteiger partial charge in [-0.2, -0.15) is 0 Å². The van der Waals surface area contributed by atoms with E-state index in [-0.39, 0.29) is 12.1 Å². The zero-order valence-electron chi connectivity index (χ0n) is 14.8. The van der Waals surface area contributed by atoms with E-state index in [1.54, 1.807) is 0 Å². The van der Waals surface area contributed by atoms with Gasteiger partial charge in [0.1, 0.15) is 0 Å². The summed E-state index contributed by atoms with van der Waals surface area (Å²) in [6, 6.07) is 0.376. The van der Waals surface area contributed by atoms with E-state index in [0.717, 1.165) is 18.9 Å². The van der Waals surface area contributed by atoms with Gasteiger partial charge < -0.3 is 15.2 Å². The van der Waals surface area contributed by atoms with E-state index in [4.69, 9.17) is 4.74 Å². The van der Waals surface area contributed by atoms with Gasteiger partial charge in [0, 0.05) is 18.2 Å². The minimum atomic E-state index is -0.234. The lowest BCUT2D eigenvalue weighted by Gasteiger charge is -2.39. The van der Waals surface area contributed by atoms with Crippen LogP contribution in [0, 0.1) is 16.7 Å². The Morgan fingerprint density at radius 2 is 2.00 bits per heavy atom. The third-order valence-electron chi connectivity index (χ3n) is 6.67. The summed E-state index contributed by atoms with van der Waals surface area (Å²) in [4.78, 5) is 0. The summed E-state index contributed by atoms with van der Waals surface area (Å²) in [6.07, 6.45) is 5.15. The predicted octanol–water partition coefficient (Wildman–Crippen LogP) is 3.36. The van der Waals surface area contributed by atoms with Gasteiger partial charge in [-0.3, -0.25) is 0 Å². The highest BCUT2D eigenvalue weighted by Gasteiger charge is 2.61. The lowest BCUT2D eigenvalue weighted by Crippen LogP contribution is -2.50. The molecule has 0 heterocycles. The minimum absolute atomic E-state index is 0.157. The van der Waals surface area contributed by atoms with E-state index in [1.807, 2.05) is 0 Å². The second kappa shape index (κ2) is 5.82. The first-order chi connectivity index (χ1) is 9.64. The van der Waals surface area contributed by atoms with Gasteiger partial charge in [0.25, 0.3) is 0 Å². The molecule has 2 N–H and O–H groups in total. The molecular formula is C18H35NO2. The smallest absolute Gasteiger partial charge is 0.0636 e. The SMILES string of the molecule is CC(C)NC(C)(CO)CCOC1CC2CCC1(C)C2(C)C. The zero-order valence-corrected chi connectivity index (χ0v) is 14.8. The molecule has 0 aromatic carbocycles. The third-order valence-corrected chi connectivity index (χ3v) is 6.67. The van der Waals surface area contributed by atoms with Crippen molar-refractivity contribution in [1.29, 1.82) is 0 Å². The van der Waals surface area contributed by atoms with Crippen LogP contribution in [0.3, 0.4) is 0 Å². The van der Waals surface area contributed by atoms with Gasteiger partial charge in [0.15, 0.2) is 0 Å². The number of aliphatic hydroxyl groups excluding tert-OH is 1. The minimum Gasteiger partial charge on any atom is -0.394 e. The Kier molecular flexibility index (Phi) is 4.78. The van der Waals surface area contributed by atoms with Gasteiger partial charge in [-0.25, -0.2) is 0 Å². The van der Waals surface area contributed by atoms with E-state index in [0.29, 0.717) is 23.0 Å². The average Bonchev–Trinajstić information content (AvgIpc) is 2.71. The fraction of sp³-hybridized carbons (Fsp3) is 1.00. The Morgan fingerprint density at radius 1 is 1.33 bits per heavy atom. The van der Waals surface area contributed by atoms with Gasteiger partial charge in [-0.05, 0) is 49.4 Å². The van der Waals surface area contributed by atoms with Gasteiger partial charge >= 0.3 is 0 Å². The van der Waals surface area contributed by atoms with E-state index >= 15 is 0 Å². The molecule has 3 heteroatoms. The van der Waals surface area contributed by atoms with Crippen LogP contribution in [0.25, 0.3) is 0 Å². The second-order valence-corrected chi connectivity index (χ2v) is 8.74. The summed E-state index contributed by atoms with van der Waals surface area (Å²) >= 11 is 0. The molecule has 4 unspecified atom stereocenters. The molecule has 0 aromatic heterocycles. The van der Waals surface area contributed by atoms with E-state index in [2.05, 4.69) is 46.9 Å². The first-order valence-electron chi connectivity index (χ1n) is 8.65. The predicted molar refractivity (Wildman–Crippen MR) is 87.3 cm³/mol. The van der Waals surface area contributed by atoms with Crippen molar-refractivity contribution in [2.45, 2.75) is 84.9 Å². The molecular weight excluding hydrogens is 262 g/mol. The lowest BCUT2D eigenvalue weighted by atomic mass is 9.70. The first kappa shape index (κ1) is 17.2. The van der Waals surface area contributed by atoms with Crippen LogP contribution in [-0.2, 0) is 4.74 Å². The highest BCUT2D eigenvalue weighted by molar-refractivity contribution is 5.11. The summed E-state index contributed by atoms with van der Waals surface area (Å²) in [6.45, 7) is 14.5. The van der Waals surface area contributed by atoms with Crippen molar-refractivity contribution in [3.8, 4) is 0 Å². The Bertz CT molecular complexity index is 368. The van der Waals surface area contributed by atoms with Crippen LogP contribution in [0.5, 0.6) is 0 Å². The quantitative estimate of drug-likeness (QED) is 0.757. The molecule has 0 spiro atoms. The van der Waals surface area contributed by atoms with Crippen molar-refractivity contribution in [3.63, 3.8) is 0 Å². The van der Waals surface area contributed by atoms with Crippen LogP contribution in [-0.4, -0.2) is 36.0 Å². The fourth-order valence-corrected chi connectivity index (χ4v) is 4.70. The number of fused-ring (bicyclic) bond motifs is 2. The van der Waals surface area contributed by atoms with Crippen LogP contribution in [0.15, 0.2) is 0 Å². The molecule has 2 saturated carbocycles. The molecule has 0 aromatic rings. The largest absolute Gasteiger partial charge is 0.394 e. The Morgan fingerprint density at radius 3 is 2.43 bits per heavy atom. The molecule has 21 heavy (non-hydrogen) atoms. The molecule has 2 aliphatic rings. The Labute approximate surface area is 130 Å². The van der Waals surface area contributed by atoms with Crippen molar-refractivity contribution in [2.24, 2.45) is 16.7 Å². The number of hydrogen-bond acceptors (Lipinski definition) is 3. The van der Waals surface area contributed by atoms with Gasteiger partial charge in [0.05, 0.1) is 12.7 Å². The van der Waals surface area contributed by atoms with Gasteiger partial charge in [0.2, 0.25) is 0 Å². The van der Waals surface area contributed by atoms with E-state index < -0.39 is 0 Å². The summed E-state index contributed by atoms with van der Waals surface area (Å²) < 4.78 is 6.30. The topological polar surface area (TPSA) is 41.5 Å². The average molecular weight is 297 g/mol. The van der Waals surface area contributed by atoms with Crippen molar-refractivity contribution in [2.75, 3.05) is 13.2 Å². The van der Waals surface area contributed by atoms with Crippen LogP contribution in [0.1, 0.15) is 67.2 Å². The van der Waals surface area contributed by atoms with Crippen LogP contribution >= 0.6 is 0 Å². The summed E-state index contributed by atoms with van der Waals surface area (Å²) in [5.41, 5.74) is 0.509. The maximum absolute atomic E-state index is 9.65. The maximum Gasteiger partial charge on any atom is 0.0636 e. The number of nitrogens with one attached hydrogen (secondary N) is 1. The normalized spacial score (nSPS) is 37.1. The molecule has 124 valence electrons. The Balaban J connectivity index is 1.87. The highest BCUT2D eigenvalue weighted by Crippen LogP contribution is 2.66. The standard InChI is InChI=1S/C18H35NO2/c1-13(2)19-17(5,12-20)9-10-21-15-11-14-7-8-18(15,6)16(14,3)4/h13-15,19-20H,7-12H2,1-6H3. The summed E-state index contributed by atoms with van der Waals surface area (Å²) in [5.74, 6) is 0.825. The summed E-state index contributed by atoms with van der Waals surface area (Å²) in [5, 5.41) is 13.1. The molecule has 0 aliphatic heterocycles. The molecule has 2 fully saturated rings. The second-order valence-electron chi connectivity index (χ2n) is 8.74. The molecule has 4 atom stereocenters. The van der Waals surface area contributed by atoms with Crippen molar-refractivity contribution in [1.82, 2.24) is 5.32 Å². The van der Waals surface area contributed by atoms with Crippen LogP contribution in [0.4, 0.5) is 0 Å². The number of aliphatic hydroxyl groups is 1. The fourth-order valence-electron chi connectivity index (χ4n) is 4.70. The van der Waals surface area contributed by atoms with Crippen LogP contribution < -0.4 is 5.32 Å². The van der Waals surface area contributed by atoms with Gasteiger partial charge in [-0.1, -0.05) is 34.6 Å². The van der Waals surface area contributed by atoms with Gasteiger partial charge in [-0.15, -0.1) is 0 Å². The molecule has 2 aliphatic carbocycles. The van der Waals surface area contributed by atoms with Crippen molar-refractivity contribution < 1.29 is 9.84 Å². The molecule has 2 bridgehead atoms. The monoisotopic (exact) mass is 297 g/mol. The maximum atomic E-state index is 9.65. The van der Waals surface area contributed by atoms with E-state index in [9.17, 15) is 5.11 Å². The first-order valence-corrected chi connectivity index (χ1v) is 8.65. The van der Waals surface area contributed by atoms with Crippen molar-refractivity contribution in [3.05, 3.63) is 0 Å².